The van der Waals surface area contributed by atoms with Crippen LogP contribution in [0, 0.1) is 11.6 Å². The number of ether oxygens (including phenoxy) is 1. The van der Waals surface area contributed by atoms with Crippen LogP contribution in [-0.4, -0.2) is 18.5 Å². The minimum Gasteiger partial charge on any atom is -0.486 e. The fraction of sp³-hybridized carbons (Fsp3) is 0.190. The van der Waals surface area contributed by atoms with Crippen molar-refractivity contribution in [3.05, 3.63) is 83.6 Å². The number of hydrogen-bond acceptors (Lipinski definition) is 5. The zero-order chi connectivity index (χ0) is 21.2. The van der Waals surface area contributed by atoms with Crippen molar-refractivity contribution >= 4 is 9.84 Å². The Kier molecular flexibility index (Phi) is 5.68. The summed E-state index contributed by atoms with van der Waals surface area (Å²) in [5, 5.41) is 10.0. The topological polar surface area (TPSA) is 76.5 Å². The van der Waals surface area contributed by atoms with Gasteiger partial charge in [0.05, 0.1) is 10.5 Å². The minimum atomic E-state index is -3.96. The lowest BCUT2D eigenvalue weighted by Crippen LogP contribution is -2.21. The summed E-state index contributed by atoms with van der Waals surface area (Å²) in [6.07, 6.45) is 1.35. The zero-order valence-electron chi connectivity index (χ0n) is 15.8. The molecule has 5 nitrogen and oxygen atoms in total. The highest BCUT2D eigenvalue weighted by Crippen LogP contribution is 2.29. The molecule has 0 spiro atoms. The molecule has 3 rings (SSSR count). The van der Waals surface area contributed by atoms with Crippen molar-refractivity contribution in [3.63, 3.8) is 0 Å². The predicted octanol–water partition coefficient (Wildman–Crippen LogP) is 4.00. The third-order valence-corrected chi connectivity index (χ3v) is 5.93. The van der Waals surface area contributed by atoms with Crippen molar-refractivity contribution in [1.29, 1.82) is 0 Å². The van der Waals surface area contributed by atoms with Gasteiger partial charge in [0, 0.05) is 17.8 Å². The molecule has 0 aliphatic heterocycles. The maximum Gasteiger partial charge on any atom is 0.224 e. The van der Waals surface area contributed by atoms with E-state index >= 15 is 0 Å². The van der Waals surface area contributed by atoms with Crippen molar-refractivity contribution < 1.29 is 27.0 Å². The lowest BCUT2D eigenvalue weighted by atomic mass is 10.0. The number of hydrogen-bond donors (Lipinski definition) is 1. The second-order valence-electron chi connectivity index (χ2n) is 6.93. The molecule has 0 aliphatic rings. The summed E-state index contributed by atoms with van der Waals surface area (Å²) < 4.78 is 57.8. The average molecular weight is 419 g/mol. The van der Waals surface area contributed by atoms with Gasteiger partial charge in [-0.05, 0) is 49.7 Å². The van der Waals surface area contributed by atoms with E-state index in [4.69, 9.17) is 4.74 Å². The molecule has 29 heavy (non-hydrogen) atoms. The standard InChI is InChI=1S/C21H19F2NO4S/c1-21(2,25)17-4-3-11-24-20(17)29(26,27)16-8-5-14(6-9-16)13-28-19-10-7-15(22)12-18(19)23/h3-12,25H,13H2,1-2H3. The molecule has 3 aromatic rings. The van der Waals surface area contributed by atoms with Crippen molar-refractivity contribution in [2.24, 2.45) is 0 Å². The summed E-state index contributed by atoms with van der Waals surface area (Å²) in [5.41, 5.74) is -0.598. The molecule has 8 heteroatoms. The maximum atomic E-state index is 13.6. The van der Waals surface area contributed by atoms with Gasteiger partial charge in [-0.3, -0.25) is 0 Å². The number of pyridine rings is 1. The Balaban J connectivity index is 1.83. The van der Waals surface area contributed by atoms with Gasteiger partial charge in [0.25, 0.3) is 0 Å². The first-order chi connectivity index (χ1) is 13.6. The van der Waals surface area contributed by atoms with E-state index in [1.807, 2.05) is 0 Å². The van der Waals surface area contributed by atoms with Gasteiger partial charge in [0.2, 0.25) is 9.84 Å². The van der Waals surface area contributed by atoms with Crippen LogP contribution in [0.25, 0.3) is 0 Å². The normalized spacial score (nSPS) is 12.0. The van der Waals surface area contributed by atoms with Gasteiger partial charge in [0.15, 0.2) is 16.6 Å². The van der Waals surface area contributed by atoms with Gasteiger partial charge in [-0.2, -0.15) is 0 Å². The van der Waals surface area contributed by atoms with Crippen LogP contribution in [0.1, 0.15) is 25.0 Å². The third-order valence-electron chi connectivity index (χ3n) is 4.21. The highest BCUT2D eigenvalue weighted by Gasteiger charge is 2.29. The number of halogens is 2. The highest BCUT2D eigenvalue weighted by atomic mass is 32.2. The van der Waals surface area contributed by atoms with Crippen molar-refractivity contribution in [2.45, 2.75) is 36.0 Å². The minimum absolute atomic E-state index is 0.00147. The molecule has 0 bridgehead atoms. The molecule has 1 heterocycles. The van der Waals surface area contributed by atoms with E-state index in [2.05, 4.69) is 4.98 Å². The summed E-state index contributed by atoms with van der Waals surface area (Å²) in [6.45, 7) is 2.94. The van der Waals surface area contributed by atoms with Crippen LogP contribution in [0.4, 0.5) is 8.78 Å². The van der Waals surface area contributed by atoms with Crippen LogP contribution in [0.2, 0.25) is 0 Å². The molecule has 2 aromatic carbocycles. The van der Waals surface area contributed by atoms with E-state index in [-0.39, 0.29) is 27.8 Å². The maximum absolute atomic E-state index is 13.6. The van der Waals surface area contributed by atoms with Gasteiger partial charge < -0.3 is 9.84 Å². The van der Waals surface area contributed by atoms with Crippen molar-refractivity contribution in [2.75, 3.05) is 0 Å². The SMILES string of the molecule is CC(C)(O)c1cccnc1S(=O)(=O)c1ccc(COc2ccc(F)cc2F)cc1. The van der Waals surface area contributed by atoms with Gasteiger partial charge in [-0.15, -0.1) is 0 Å². The molecule has 0 fully saturated rings. The van der Waals surface area contributed by atoms with E-state index in [9.17, 15) is 22.3 Å². The predicted molar refractivity (Wildman–Crippen MR) is 102 cm³/mol. The monoisotopic (exact) mass is 419 g/mol. The number of rotatable bonds is 6. The van der Waals surface area contributed by atoms with Crippen LogP contribution >= 0.6 is 0 Å². The van der Waals surface area contributed by atoms with E-state index in [0.717, 1.165) is 12.1 Å². The average Bonchev–Trinajstić information content (AvgIpc) is 2.67. The smallest absolute Gasteiger partial charge is 0.224 e. The summed E-state index contributed by atoms with van der Waals surface area (Å²) in [5.74, 6) is -1.63. The molecule has 0 amide bonds. The van der Waals surface area contributed by atoms with Crippen molar-refractivity contribution in [3.8, 4) is 5.75 Å². The molecule has 152 valence electrons. The fourth-order valence-electron chi connectivity index (χ4n) is 2.70. The summed E-state index contributed by atoms with van der Waals surface area (Å²) >= 11 is 0. The zero-order valence-corrected chi connectivity index (χ0v) is 16.6. The molecule has 0 radical (unpaired) electrons. The van der Waals surface area contributed by atoms with Gasteiger partial charge in [-0.25, -0.2) is 22.2 Å². The quantitative estimate of drug-likeness (QED) is 0.654. The molecule has 0 aliphatic carbocycles. The van der Waals surface area contributed by atoms with Crippen LogP contribution in [0.15, 0.2) is 70.7 Å². The molecule has 0 unspecified atom stereocenters. The third kappa shape index (κ3) is 4.60. The second-order valence-corrected chi connectivity index (χ2v) is 8.79. The lowest BCUT2D eigenvalue weighted by molar-refractivity contribution is 0.0747. The first-order valence-corrected chi connectivity index (χ1v) is 10.2. The molecular formula is C21H19F2NO4S. The van der Waals surface area contributed by atoms with Gasteiger partial charge >= 0.3 is 0 Å². The Morgan fingerprint density at radius 3 is 2.38 bits per heavy atom. The number of nitrogens with zero attached hydrogens (tertiary/aromatic N) is 1. The van der Waals surface area contributed by atoms with E-state index in [0.29, 0.717) is 5.56 Å². The Bertz CT molecular complexity index is 1120. The van der Waals surface area contributed by atoms with Crippen LogP contribution < -0.4 is 4.74 Å². The molecule has 1 aromatic heterocycles. The molecule has 0 atom stereocenters. The molecule has 0 saturated carbocycles. The Morgan fingerprint density at radius 1 is 1.07 bits per heavy atom. The number of aliphatic hydroxyl groups is 1. The molecular weight excluding hydrogens is 400 g/mol. The van der Waals surface area contributed by atoms with Gasteiger partial charge in [0.1, 0.15) is 12.4 Å². The highest BCUT2D eigenvalue weighted by molar-refractivity contribution is 7.91. The fourth-order valence-corrected chi connectivity index (χ4v) is 4.22. The summed E-state index contributed by atoms with van der Waals surface area (Å²) in [4.78, 5) is 3.96. The van der Waals surface area contributed by atoms with E-state index in [1.165, 1.54) is 56.4 Å². The first-order valence-electron chi connectivity index (χ1n) is 8.69. The number of benzene rings is 2. The number of sulfone groups is 1. The van der Waals surface area contributed by atoms with E-state index in [1.54, 1.807) is 6.07 Å². The molecule has 1 N–H and O–H groups in total. The van der Waals surface area contributed by atoms with E-state index < -0.39 is 27.1 Å². The van der Waals surface area contributed by atoms with Gasteiger partial charge in [-0.1, -0.05) is 18.2 Å². The molecule has 0 saturated heterocycles. The Labute approximate surface area is 167 Å². The van der Waals surface area contributed by atoms with Crippen molar-refractivity contribution in [1.82, 2.24) is 4.98 Å². The summed E-state index contributed by atoms with van der Waals surface area (Å²) in [7, 11) is -3.96. The Morgan fingerprint density at radius 2 is 1.76 bits per heavy atom. The summed E-state index contributed by atoms with van der Waals surface area (Å²) in [6, 6.07) is 11.9. The van der Waals surface area contributed by atoms with Crippen LogP contribution in [0.5, 0.6) is 5.75 Å². The first kappa shape index (κ1) is 20.9. The van der Waals surface area contributed by atoms with Crippen LogP contribution in [-0.2, 0) is 22.0 Å². The lowest BCUT2D eigenvalue weighted by Gasteiger charge is -2.20. The largest absolute Gasteiger partial charge is 0.486 e. The second kappa shape index (κ2) is 7.88. The number of aromatic nitrogens is 1. The van der Waals surface area contributed by atoms with Crippen LogP contribution in [0.3, 0.4) is 0 Å². The Hall–Kier alpha value is -2.84.